The van der Waals surface area contributed by atoms with Crippen LogP contribution in [0.5, 0.6) is 0 Å². The minimum absolute atomic E-state index is 0.0119. The van der Waals surface area contributed by atoms with Gasteiger partial charge in [-0.3, -0.25) is 14.5 Å². The lowest BCUT2D eigenvalue weighted by atomic mass is 9.89. The van der Waals surface area contributed by atoms with Crippen molar-refractivity contribution in [1.29, 1.82) is 0 Å². The number of oxazole rings is 1. The van der Waals surface area contributed by atoms with Gasteiger partial charge in [0, 0.05) is 43.1 Å². The minimum atomic E-state index is -0.0160. The lowest BCUT2D eigenvalue weighted by Crippen LogP contribution is -2.51. The molecule has 1 N–H and O–H groups in total. The lowest BCUT2D eigenvalue weighted by Gasteiger charge is -2.40. The van der Waals surface area contributed by atoms with E-state index in [1.807, 2.05) is 31.1 Å². The number of anilines is 1. The average Bonchev–Trinajstić information content (AvgIpc) is 3.43. The molecule has 0 radical (unpaired) electrons. The number of halogens is 1. The first-order valence-corrected chi connectivity index (χ1v) is 11.8. The smallest absolute Gasteiger partial charge is 0.295 e. The number of benzene rings is 1. The van der Waals surface area contributed by atoms with Crippen LogP contribution < -0.4 is 5.32 Å². The van der Waals surface area contributed by atoms with Gasteiger partial charge >= 0.3 is 0 Å². The van der Waals surface area contributed by atoms with Crippen molar-refractivity contribution in [3.63, 3.8) is 0 Å². The van der Waals surface area contributed by atoms with E-state index in [0.717, 1.165) is 24.0 Å². The number of nitrogens with one attached hydrogen (secondary N) is 1. The predicted octanol–water partition coefficient (Wildman–Crippen LogP) is 4.94. The van der Waals surface area contributed by atoms with E-state index in [-0.39, 0.29) is 11.9 Å². The van der Waals surface area contributed by atoms with Crippen LogP contribution in [0.3, 0.4) is 0 Å². The van der Waals surface area contributed by atoms with Gasteiger partial charge < -0.3 is 14.6 Å². The maximum atomic E-state index is 13.9. The number of hydrogen-bond donors (Lipinski definition) is 1. The van der Waals surface area contributed by atoms with E-state index in [1.54, 1.807) is 35.3 Å². The fourth-order valence-corrected chi connectivity index (χ4v) is 4.81. The number of aryl methyl sites for hydroxylation is 2. The van der Waals surface area contributed by atoms with Gasteiger partial charge in [0.2, 0.25) is 0 Å². The summed E-state index contributed by atoms with van der Waals surface area (Å²) in [6.45, 7) is 5.37. The van der Waals surface area contributed by atoms with Crippen LogP contribution >= 0.6 is 11.6 Å². The van der Waals surface area contributed by atoms with E-state index in [9.17, 15) is 4.79 Å². The van der Waals surface area contributed by atoms with Crippen molar-refractivity contribution >= 4 is 34.6 Å². The molecule has 2 unspecified atom stereocenters. The molecular formula is C25H27ClN6O2. The van der Waals surface area contributed by atoms with Gasteiger partial charge in [0.25, 0.3) is 11.9 Å². The topological polar surface area (TPSA) is 89.1 Å². The standard InChI is InChI=1S/C25H27ClN6O2/c1-15-9-19(23(27-11-15)17-12-29-31(3)14-17)24(33)32-8-4-5-16(2)21(32)13-28-25-30-20-10-18(26)6-7-22(20)34-25/h6-7,9-12,14,16,21H,4-5,8,13H2,1-3H3,(H,28,30). The Morgan fingerprint density at radius 2 is 2.15 bits per heavy atom. The Balaban J connectivity index is 1.41. The molecule has 1 saturated heterocycles. The predicted molar refractivity (Wildman–Crippen MR) is 132 cm³/mol. The van der Waals surface area contributed by atoms with Crippen LogP contribution in [-0.4, -0.2) is 49.7 Å². The maximum Gasteiger partial charge on any atom is 0.295 e. The third-order valence-corrected chi connectivity index (χ3v) is 6.66. The van der Waals surface area contributed by atoms with Crippen LogP contribution in [-0.2, 0) is 7.05 Å². The van der Waals surface area contributed by atoms with Gasteiger partial charge in [-0.05, 0) is 55.5 Å². The number of aromatic nitrogens is 4. The van der Waals surface area contributed by atoms with Gasteiger partial charge in [-0.15, -0.1) is 0 Å². The fourth-order valence-electron chi connectivity index (χ4n) is 4.64. The average molecular weight is 479 g/mol. The second-order valence-corrected chi connectivity index (χ2v) is 9.45. The number of carbonyl (C=O) groups is 1. The first-order valence-electron chi connectivity index (χ1n) is 11.5. The number of fused-ring (bicyclic) bond motifs is 1. The monoisotopic (exact) mass is 478 g/mol. The molecule has 34 heavy (non-hydrogen) atoms. The van der Waals surface area contributed by atoms with Crippen LogP contribution in [0.4, 0.5) is 6.01 Å². The van der Waals surface area contributed by atoms with Crippen LogP contribution in [0.25, 0.3) is 22.4 Å². The number of pyridine rings is 1. The normalized spacial score (nSPS) is 18.4. The third kappa shape index (κ3) is 4.37. The van der Waals surface area contributed by atoms with Crippen molar-refractivity contribution in [3.05, 3.63) is 59.0 Å². The van der Waals surface area contributed by atoms with Gasteiger partial charge in [-0.25, -0.2) is 0 Å². The highest BCUT2D eigenvalue weighted by atomic mass is 35.5. The van der Waals surface area contributed by atoms with Crippen molar-refractivity contribution in [2.75, 3.05) is 18.4 Å². The molecule has 4 aromatic rings. The second kappa shape index (κ2) is 9.10. The van der Waals surface area contributed by atoms with Crippen LogP contribution in [0, 0.1) is 12.8 Å². The molecule has 1 fully saturated rings. The molecule has 3 aromatic heterocycles. The van der Waals surface area contributed by atoms with Gasteiger partial charge in [0.1, 0.15) is 5.52 Å². The summed E-state index contributed by atoms with van der Waals surface area (Å²) < 4.78 is 7.54. The van der Waals surface area contributed by atoms with E-state index >= 15 is 0 Å². The summed E-state index contributed by atoms with van der Waals surface area (Å²) in [6.07, 6.45) is 7.43. The third-order valence-electron chi connectivity index (χ3n) is 6.42. The molecule has 0 bridgehead atoms. The molecule has 5 rings (SSSR count). The van der Waals surface area contributed by atoms with E-state index in [2.05, 4.69) is 27.3 Å². The highest BCUT2D eigenvalue weighted by Crippen LogP contribution is 2.29. The SMILES string of the molecule is Cc1cnc(-c2cnn(C)c2)c(C(=O)N2CCCC(C)C2CNc2nc3cc(Cl)ccc3o2)c1. The summed E-state index contributed by atoms with van der Waals surface area (Å²) in [4.78, 5) is 24.9. The summed E-state index contributed by atoms with van der Waals surface area (Å²) in [5.41, 5.74) is 4.40. The van der Waals surface area contributed by atoms with Crippen molar-refractivity contribution < 1.29 is 9.21 Å². The molecule has 1 aliphatic rings. The van der Waals surface area contributed by atoms with Crippen molar-refractivity contribution in [2.24, 2.45) is 13.0 Å². The first kappa shape index (κ1) is 22.4. The summed E-state index contributed by atoms with van der Waals surface area (Å²) >= 11 is 6.07. The zero-order valence-electron chi connectivity index (χ0n) is 19.5. The minimum Gasteiger partial charge on any atom is -0.424 e. The Morgan fingerprint density at radius 1 is 1.29 bits per heavy atom. The van der Waals surface area contributed by atoms with Crippen molar-refractivity contribution in [1.82, 2.24) is 24.6 Å². The highest BCUT2D eigenvalue weighted by molar-refractivity contribution is 6.31. The Labute approximate surface area is 202 Å². The molecule has 9 heteroatoms. The summed E-state index contributed by atoms with van der Waals surface area (Å²) in [5, 5.41) is 8.18. The Kier molecular flexibility index (Phi) is 6.00. The molecule has 176 valence electrons. The van der Waals surface area contributed by atoms with E-state index < -0.39 is 0 Å². The molecule has 0 spiro atoms. The number of carbonyl (C=O) groups excluding carboxylic acids is 1. The number of rotatable bonds is 5. The molecule has 4 heterocycles. The molecule has 0 saturated carbocycles. The summed E-state index contributed by atoms with van der Waals surface area (Å²) in [5.74, 6) is 0.307. The van der Waals surface area contributed by atoms with Crippen molar-refractivity contribution in [3.8, 4) is 11.3 Å². The van der Waals surface area contributed by atoms with Crippen LogP contribution in [0.15, 0.2) is 47.3 Å². The number of nitrogens with zero attached hydrogens (tertiary/aromatic N) is 5. The van der Waals surface area contributed by atoms with Crippen LogP contribution in [0.2, 0.25) is 5.02 Å². The van der Waals surface area contributed by atoms with Gasteiger partial charge in [0.15, 0.2) is 5.58 Å². The van der Waals surface area contributed by atoms with Gasteiger partial charge in [-0.2, -0.15) is 10.1 Å². The Hall–Kier alpha value is -3.39. The Morgan fingerprint density at radius 3 is 2.94 bits per heavy atom. The number of hydrogen-bond acceptors (Lipinski definition) is 6. The zero-order chi connectivity index (χ0) is 23.8. The molecule has 8 nitrogen and oxygen atoms in total. The molecule has 1 aromatic carbocycles. The van der Waals surface area contributed by atoms with Gasteiger partial charge in [-0.1, -0.05) is 18.5 Å². The van der Waals surface area contributed by atoms with Crippen molar-refractivity contribution in [2.45, 2.75) is 32.7 Å². The highest BCUT2D eigenvalue weighted by Gasteiger charge is 2.34. The first-order chi connectivity index (χ1) is 16.4. The fraction of sp³-hybridized carbons (Fsp3) is 0.360. The number of likely N-dealkylation sites (tertiary alicyclic amines) is 1. The summed E-state index contributed by atoms with van der Waals surface area (Å²) in [6, 6.07) is 7.69. The maximum absolute atomic E-state index is 13.9. The van der Waals surface area contributed by atoms with Crippen LogP contribution in [0.1, 0.15) is 35.7 Å². The largest absolute Gasteiger partial charge is 0.424 e. The number of amides is 1. The van der Waals surface area contributed by atoms with E-state index in [1.165, 1.54) is 0 Å². The molecule has 1 amide bonds. The zero-order valence-corrected chi connectivity index (χ0v) is 20.2. The molecule has 2 atom stereocenters. The Bertz CT molecular complexity index is 1350. The lowest BCUT2D eigenvalue weighted by molar-refractivity contribution is 0.0539. The van der Waals surface area contributed by atoms with E-state index in [4.69, 9.17) is 16.0 Å². The second-order valence-electron chi connectivity index (χ2n) is 9.01. The number of piperidine rings is 1. The summed E-state index contributed by atoms with van der Waals surface area (Å²) in [7, 11) is 1.85. The van der Waals surface area contributed by atoms with Gasteiger partial charge in [0.05, 0.1) is 23.5 Å². The molecular weight excluding hydrogens is 452 g/mol. The quantitative estimate of drug-likeness (QED) is 0.437. The molecule has 0 aliphatic carbocycles. The molecule has 1 aliphatic heterocycles. The van der Waals surface area contributed by atoms with E-state index in [0.29, 0.717) is 52.4 Å².